The molecule has 0 aliphatic carbocycles. The Hall–Kier alpha value is -2.79. The first-order valence-electron chi connectivity index (χ1n) is 11.6. The third-order valence-electron chi connectivity index (χ3n) is 6.14. The normalized spacial score (nSPS) is 16.2. The highest BCUT2D eigenvalue weighted by Crippen LogP contribution is 2.26. The van der Waals surface area contributed by atoms with Crippen molar-refractivity contribution in [2.45, 2.75) is 12.8 Å². The average Bonchev–Trinajstić information content (AvgIpc) is 2.85. The van der Waals surface area contributed by atoms with Crippen molar-refractivity contribution < 1.29 is 0 Å². The van der Waals surface area contributed by atoms with Crippen molar-refractivity contribution in [2.75, 3.05) is 37.6 Å². The molecular formula is C28H30Cl2N4. The zero-order chi connectivity index (χ0) is 23.9. The largest absolute Gasteiger partial charge is 0.384 e. The number of nitrogens with zero attached hydrogens (tertiary/aromatic N) is 3. The molecule has 4 nitrogen and oxygen atoms in total. The van der Waals surface area contributed by atoms with Crippen molar-refractivity contribution in [3.05, 3.63) is 100 Å². The molecule has 3 aromatic rings. The van der Waals surface area contributed by atoms with E-state index in [1.54, 1.807) is 18.2 Å². The van der Waals surface area contributed by atoms with Crippen LogP contribution in [0.25, 0.3) is 6.08 Å². The fourth-order valence-electron chi connectivity index (χ4n) is 4.19. The maximum Gasteiger partial charge on any atom is 0.124 e. The number of hydrogen-bond donors (Lipinski definition) is 1. The van der Waals surface area contributed by atoms with Gasteiger partial charge in [0.05, 0.1) is 5.69 Å². The van der Waals surface area contributed by atoms with E-state index in [1.807, 2.05) is 30.3 Å². The lowest BCUT2D eigenvalue weighted by Crippen LogP contribution is -2.47. The Labute approximate surface area is 212 Å². The van der Waals surface area contributed by atoms with Crippen LogP contribution in [0.1, 0.15) is 24.0 Å². The van der Waals surface area contributed by atoms with Gasteiger partial charge in [-0.1, -0.05) is 66.5 Å². The predicted octanol–water partition coefficient (Wildman–Crippen LogP) is 6.62. The van der Waals surface area contributed by atoms with E-state index in [0.29, 0.717) is 21.8 Å². The summed E-state index contributed by atoms with van der Waals surface area (Å²) in [5.74, 6) is 0.937. The Kier molecular flexibility index (Phi) is 8.28. The minimum atomic E-state index is 0.406. The summed E-state index contributed by atoms with van der Waals surface area (Å²) >= 11 is 12.5. The van der Waals surface area contributed by atoms with Gasteiger partial charge in [0, 0.05) is 48.5 Å². The summed E-state index contributed by atoms with van der Waals surface area (Å²) in [5, 5.41) is 1.37. The van der Waals surface area contributed by atoms with Gasteiger partial charge in [-0.05, 0) is 65.6 Å². The summed E-state index contributed by atoms with van der Waals surface area (Å²) in [4.78, 5) is 9.33. The summed E-state index contributed by atoms with van der Waals surface area (Å²) < 4.78 is 0. The Balaban J connectivity index is 1.32. The number of anilines is 1. The first-order chi connectivity index (χ1) is 16.5. The molecule has 0 radical (unpaired) electrons. The molecule has 3 aromatic carbocycles. The van der Waals surface area contributed by atoms with Crippen molar-refractivity contribution in [3.63, 3.8) is 0 Å². The smallest absolute Gasteiger partial charge is 0.124 e. The molecular weight excluding hydrogens is 463 g/mol. The van der Waals surface area contributed by atoms with Crippen LogP contribution in [0.3, 0.4) is 0 Å². The maximum atomic E-state index is 6.59. The number of halogens is 2. The number of nitrogens with two attached hydrogens (primary N) is 1. The van der Waals surface area contributed by atoms with Gasteiger partial charge in [0.15, 0.2) is 0 Å². The fourth-order valence-corrected chi connectivity index (χ4v) is 4.55. The van der Waals surface area contributed by atoms with E-state index < -0.39 is 0 Å². The van der Waals surface area contributed by atoms with Gasteiger partial charge in [-0.25, -0.2) is 4.99 Å². The van der Waals surface area contributed by atoms with E-state index in [-0.39, 0.29) is 0 Å². The summed E-state index contributed by atoms with van der Waals surface area (Å²) in [6.07, 6.45) is 3.66. The van der Waals surface area contributed by atoms with Crippen LogP contribution in [0.4, 0.5) is 11.4 Å². The number of amidine groups is 1. The van der Waals surface area contributed by atoms with Gasteiger partial charge in [0.2, 0.25) is 0 Å². The monoisotopic (exact) mass is 492 g/mol. The SMILES string of the molecule is CC(CN1CCN(c2ccc(C=CC(N)=Nc3ccc(Cl)cc3)c(Cl)c2)CC1)c1ccccc1. The zero-order valence-corrected chi connectivity index (χ0v) is 20.9. The first kappa shape index (κ1) is 24.3. The second-order valence-electron chi connectivity index (χ2n) is 8.65. The maximum absolute atomic E-state index is 6.59. The molecule has 176 valence electrons. The highest BCUT2D eigenvalue weighted by Gasteiger charge is 2.19. The van der Waals surface area contributed by atoms with Crippen LogP contribution in [0.2, 0.25) is 10.0 Å². The second kappa shape index (κ2) is 11.6. The van der Waals surface area contributed by atoms with Gasteiger partial charge in [-0.15, -0.1) is 0 Å². The molecule has 34 heavy (non-hydrogen) atoms. The number of aliphatic imine (C=N–C) groups is 1. The molecule has 0 amide bonds. The summed E-state index contributed by atoms with van der Waals surface area (Å²) in [5.41, 5.74) is 10.3. The molecule has 1 heterocycles. The molecule has 1 unspecified atom stereocenters. The molecule has 1 atom stereocenters. The Morgan fingerprint density at radius 2 is 1.68 bits per heavy atom. The van der Waals surface area contributed by atoms with Crippen LogP contribution in [-0.4, -0.2) is 43.5 Å². The van der Waals surface area contributed by atoms with Crippen molar-refractivity contribution in [1.82, 2.24) is 4.90 Å². The van der Waals surface area contributed by atoms with Gasteiger partial charge >= 0.3 is 0 Å². The highest BCUT2D eigenvalue weighted by molar-refractivity contribution is 6.32. The van der Waals surface area contributed by atoms with Crippen LogP contribution in [0.15, 0.2) is 83.9 Å². The van der Waals surface area contributed by atoms with Crippen molar-refractivity contribution in [2.24, 2.45) is 10.7 Å². The molecule has 4 rings (SSSR count). The van der Waals surface area contributed by atoms with E-state index in [0.717, 1.165) is 49.7 Å². The van der Waals surface area contributed by atoms with Gasteiger partial charge in [0.1, 0.15) is 5.84 Å². The van der Waals surface area contributed by atoms with Gasteiger partial charge in [0.25, 0.3) is 0 Å². The standard InChI is InChI=1S/C28H30Cl2N4/c1-21(22-5-3-2-4-6-22)20-33-15-17-34(18-16-33)26-13-7-23(27(30)19-26)8-14-28(31)32-25-11-9-24(29)10-12-25/h2-14,19,21H,15-18,20H2,1H3,(H2,31,32). The van der Waals surface area contributed by atoms with Crippen LogP contribution in [0.5, 0.6) is 0 Å². The molecule has 0 saturated carbocycles. The Bertz CT molecular complexity index is 1130. The quantitative estimate of drug-likeness (QED) is 0.297. The molecule has 0 spiro atoms. The Morgan fingerprint density at radius 1 is 0.971 bits per heavy atom. The highest BCUT2D eigenvalue weighted by atomic mass is 35.5. The van der Waals surface area contributed by atoms with Crippen molar-refractivity contribution >= 4 is 46.5 Å². The van der Waals surface area contributed by atoms with Crippen LogP contribution in [0, 0.1) is 0 Å². The molecule has 2 N–H and O–H groups in total. The van der Waals surface area contributed by atoms with E-state index in [1.165, 1.54) is 5.56 Å². The van der Waals surface area contributed by atoms with Crippen LogP contribution >= 0.6 is 23.2 Å². The third-order valence-corrected chi connectivity index (χ3v) is 6.72. The minimum absolute atomic E-state index is 0.406. The van der Waals surface area contributed by atoms with Gasteiger partial charge in [-0.3, -0.25) is 4.90 Å². The molecule has 1 fully saturated rings. The number of rotatable bonds is 7. The number of piperazine rings is 1. The minimum Gasteiger partial charge on any atom is -0.384 e. The molecule has 6 heteroatoms. The van der Waals surface area contributed by atoms with Crippen molar-refractivity contribution in [1.29, 1.82) is 0 Å². The fraction of sp³-hybridized carbons (Fsp3) is 0.250. The van der Waals surface area contributed by atoms with Crippen molar-refractivity contribution in [3.8, 4) is 0 Å². The lowest BCUT2D eigenvalue weighted by atomic mass is 10.0. The Morgan fingerprint density at radius 3 is 2.35 bits per heavy atom. The van der Waals surface area contributed by atoms with E-state index in [2.05, 4.69) is 58.1 Å². The summed E-state index contributed by atoms with van der Waals surface area (Å²) in [6.45, 7) is 7.48. The zero-order valence-electron chi connectivity index (χ0n) is 19.4. The second-order valence-corrected chi connectivity index (χ2v) is 9.50. The van der Waals surface area contributed by atoms with Gasteiger partial charge in [-0.2, -0.15) is 0 Å². The van der Waals surface area contributed by atoms with E-state index >= 15 is 0 Å². The molecule has 1 aliphatic rings. The third kappa shape index (κ3) is 6.63. The lowest BCUT2D eigenvalue weighted by molar-refractivity contribution is 0.246. The average molecular weight is 493 g/mol. The van der Waals surface area contributed by atoms with Crippen LogP contribution < -0.4 is 10.6 Å². The molecule has 0 bridgehead atoms. The number of benzene rings is 3. The van der Waals surface area contributed by atoms with E-state index in [9.17, 15) is 0 Å². The topological polar surface area (TPSA) is 44.9 Å². The predicted molar refractivity (Wildman–Crippen MR) is 147 cm³/mol. The lowest BCUT2D eigenvalue weighted by Gasteiger charge is -2.37. The summed E-state index contributed by atoms with van der Waals surface area (Å²) in [6, 6.07) is 24.2. The molecule has 1 aliphatic heterocycles. The van der Waals surface area contributed by atoms with Crippen LogP contribution in [-0.2, 0) is 0 Å². The van der Waals surface area contributed by atoms with E-state index in [4.69, 9.17) is 28.9 Å². The first-order valence-corrected chi connectivity index (χ1v) is 12.3. The van der Waals surface area contributed by atoms with Gasteiger partial charge < -0.3 is 10.6 Å². The molecule has 0 aromatic heterocycles. The molecule has 1 saturated heterocycles. The number of hydrogen-bond acceptors (Lipinski definition) is 3. The summed E-state index contributed by atoms with van der Waals surface area (Å²) in [7, 11) is 0.